The third-order valence-corrected chi connectivity index (χ3v) is 5.30. The van der Waals surface area contributed by atoms with Crippen LogP contribution in [0.2, 0.25) is 0 Å². The van der Waals surface area contributed by atoms with Gasteiger partial charge in [-0.3, -0.25) is 0 Å². The van der Waals surface area contributed by atoms with Crippen LogP contribution in [-0.4, -0.2) is 31.1 Å². The van der Waals surface area contributed by atoms with Gasteiger partial charge in [0.05, 0.1) is 17.6 Å². The number of aryl methyl sites for hydroxylation is 1. The van der Waals surface area contributed by atoms with Gasteiger partial charge in [-0.2, -0.15) is 15.3 Å². The second-order valence-electron chi connectivity index (χ2n) is 8.19. The van der Waals surface area contributed by atoms with Crippen molar-refractivity contribution in [1.29, 1.82) is 0 Å². The van der Waals surface area contributed by atoms with Gasteiger partial charge in [0.25, 0.3) is 0 Å². The van der Waals surface area contributed by atoms with Gasteiger partial charge < -0.3 is 10.0 Å². The molecule has 0 bridgehead atoms. The maximum atomic E-state index is 9.64. The van der Waals surface area contributed by atoms with Crippen LogP contribution in [0.1, 0.15) is 16.7 Å². The van der Waals surface area contributed by atoms with E-state index in [1.165, 1.54) is 0 Å². The quantitative estimate of drug-likeness (QED) is 0.168. The first-order chi connectivity index (χ1) is 17.0. The lowest BCUT2D eigenvalue weighted by molar-refractivity contribution is -0.671. The minimum atomic E-state index is 0.207. The fourth-order valence-electron chi connectivity index (χ4n) is 3.27. The van der Waals surface area contributed by atoms with E-state index in [4.69, 9.17) is 0 Å². The van der Waals surface area contributed by atoms with Crippen molar-refractivity contribution in [3.8, 4) is 5.75 Å². The lowest BCUT2D eigenvalue weighted by atomic mass is 10.0. The summed E-state index contributed by atoms with van der Waals surface area (Å²) in [5.74, 6) is 0.207. The van der Waals surface area contributed by atoms with E-state index in [1.54, 1.807) is 18.3 Å². The Balaban J connectivity index is 1.49. The largest absolute Gasteiger partial charge is 0.508 e. The molecule has 0 radical (unpaired) electrons. The van der Waals surface area contributed by atoms with Crippen molar-refractivity contribution in [3.05, 3.63) is 114 Å². The van der Waals surface area contributed by atoms with E-state index in [9.17, 15) is 5.11 Å². The van der Waals surface area contributed by atoms with Gasteiger partial charge in [-0.15, -0.1) is 5.10 Å². The van der Waals surface area contributed by atoms with Crippen molar-refractivity contribution in [2.45, 2.75) is 0 Å². The summed E-state index contributed by atoms with van der Waals surface area (Å²) < 4.78 is 1.96. The lowest BCUT2D eigenvalue weighted by Gasteiger charge is -2.11. The number of nitrogens with zero attached hydrogens (tertiary/aromatic N) is 6. The number of hydrogen-bond donors (Lipinski definition) is 1. The van der Waals surface area contributed by atoms with Crippen molar-refractivity contribution < 1.29 is 9.67 Å². The molecule has 0 aliphatic rings. The van der Waals surface area contributed by atoms with Gasteiger partial charge in [0.2, 0.25) is 0 Å². The second-order valence-corrected chi connectivity index (χ2v) is 8.19. The molecule has 0 spiro atoms. The predicted octanol–water partition coefficient (Wildman–Crippen LogP) is 5.57. The molecule has 1 heterocycles. The Morgan fingerprint density at radius 2 is 1.29 bits per heavy atom. The number of pyridine rings is 1. The highest BCUT2D eigenvalue weighted by molar-refractivity contribution is 6.12. The summed E-state index contributed by atoms with van der Waals surface area (Å²) in [4.78, 5) is 2.04. The number of anilines is 1. The highest BCUT2D eigenvalue weighted by Crippen LogP contribution is 2.21. The topological polar surface area (TPSA) is 76.8 Å². The van der Waals surface area contributed by atoms with Crippen LogP contribution in [0.5, 0.6) is 5.75 Å². The molecule has 7 heteroatoms. The summed E-state index contributed by atoms with van der Waals surface area (Å²) in [5.41, 5.74) is 6.07. The normalized spacial score (nSPS) is 11.9. The van der Waals surface area contributed by atoms with Crippen LogP contribution >= 0.6 is 0 Å². The molecule has 0 saturated heterocycles. The Bertz CT molecular complexity index is 1290. The molecule has 174 valence electrons. The Morgan fingerprint density at radius 1 is 0.743 bits per heavy atom. The molecular formula is C28H27N6O+. The maximum Gasteiger partial charge on any atom is 0.169 e. The van der Waals surface area contributed by atoms with E-state index in [0.29, 0.717) is 5.71 Å². The number of benzene rings is 3. The molecule has 0 saturated carbocycles. The molecule has 7 nitrogen and oxygen atoms in total. The summed E-state index contributed by atoms with van der Waals surface area (Å²) in [6, 6.07) is 26.4. The molecular weight excluding hydrogens is 436 g/mol. The number of phenolic OH excluding ortho intramolecular Hbond substituents is 1. The number of aromatic hydroxyl groups is 1. The van der Waals surface area contributed by atoms with Gasteiger partial charge in [-0.1, -0.05) is 12.1 Å². The Kier molecular flexibility index (Phi) is 7.37. The Morgan fingerprint density at radius 3 is 1.86 bits per heavy atom. The van der Waals surface area contributed by atoms with Gasteiger partial charge >= 0.3 is 0 Å². The molecule has 0 atom stereocenters. The predicted molar refractivity (Wildman–Crippen MR) is 140 cm³/mol. The van der Waals surface area contributed by atoms with Crippen LogP contribution in [0.4, 0.5) is 17.1 Å². The van der Waals surface area contributed by atoms with Crippen molar-refractivity contribution >= 4 is 29.0 Å². The first-order valence-corrected chi connectivity index (χ1v) is 11.1. The molecule has 4 aromatic rings. The SMILES string of the molecule is CN(C)c1ccc(N=Nc2ccc(/C=N/N=C(/c3ccc(O)cc3)c3cc[n+](C)cc3)cc2)cc1. The number of azo groups is 1. The monoisotopic (exact) mass is 463 g/mol. The van der Waals surface area contributed by atoms with Crippen molar-refractivity contribution in [2.24, 2.45) is 27.5 Å². The fourth-order valence-corrected chi connectivity index (χ4v) is 3.27. The van der Waals surface area contributed by atoms with Crippen molar-refractivity contribution in [3.63, 3.8) is 0 Å². The number of aromatic nitrogens is 1. The van der Waals surface area contributed by atoms with Crippen LogP contribution in [0.25, 0.3) is 0 Å². The van der Waals surface area contributed by atoms with E-state index >= 15 is 0 Å². The van der Waals surface area contributed by atoms with Crippen LogP contribution in [0.3, 0.4) is 0 Å². The first kappa shape index (κ1) is 23.5. The molecule has 1 aromatic heterocycles. The summed E-state index contributed by atoms with van der Waals surface area (Å²) in [6.45, 7) is 0. The van der Waals surface area contributed by atoms with E-state index < -0.39 is 0 Å². The van der Waals surface area contributed by atoms with Crippen molar-refractivity contribution in [2.75, 3.05) is 19.0 Å². The molecule has 0 amide bonds. The van der Waals surface area contributed by atoms with Gasteiger partial charge in [-0.25, -0.2) is 4.57 Å². The summed E-state index contributed by atoms with van der Waals surface area (Å²) >= 11 is 0. The Hall–Kier alpha value is -4.65. The van der Waals surface area contributed by atoms with E-state index in [-0.39, 0.29) is 5.75 Å². The minimum absolute atomic E-state index is 0.207. The van der Waals surface area contributed by atoms with Gasteiger partial charge in [-0.05, 0) is 66.2 Å². The van der Waals surface area contributed by atoms with Crippen molar-refractivity contribution in [1.82, 2.24) is 0 Å². The number of phenols is 1. The van der Waals surface area contributed by atoms with Crippen LogP contribution in [-0.2, 0) is 7.05 Å². The lowest BCUT2D eigenvalue weighted by Crippen LogP contribution is -2.26. The molecule has 0 aliphatic carbocycles. The molecule has 0 fully saturated rings. The Labute approximate surface area is 205 Å². The molecule has 35 heavy (non-hydrogen) atoms. The van der Waals surface area contributed by atoms with Crippen LogP contribution < -0.4 is 9.47 Å². The smallest absolute Gasteiger partial charge is 0.169 e. The van der Waals surface area contributed by atoms with Gasteiger partial charge in [0.1, 0.15) is 18.5 Å². The summed E-state index contributed by atoms with van der Waals surface area (Å²) in [7, 11) is 5.97. The van der Waals surface area contributed by atoms with Crippen LogP contribution in [0, 0.1) is 0 Å². The standard InChI is InChI=1S/C28H26N6O/c1-33(2)26-12-10-25(11-13-26)31-30-24-8-4-21(5-9-24)20-29-32-28(22-6-14-27(35)15-7-22)23-16-18-34(3)19-17-23/h4-20H,1-3H3/p+1. The summed E-state index contributed by atoms with van der Waals surface area (Å²) in [6.07, 6.45) is 5.61. The van der Waals surface area contributed by atoms with E-state index in [1.807, 2.05) is 116 Å². The maximum absolute atomic E-state index is 9.64. The summed E-state index contributed by atoms with van der Waals surface area (Å²) in [5, 5.41) is 27.1. The number of hydrogen-bond acceptors (Lipinski definition) is 6. The zero-order valence-corrected chi connectivity index (χ0v) is 19.9. The third-order valence-electron chi connectivity index (χ3n) is 5.30. The second kappa shape index (κ2) is 11.0. The zero-order valence-electron chi connectivity index (χ0n) is 19.9. The molecule has 0 aliphatic heterocycles. The highest BCUT2D eigenvalue weighted by atomic mass is 16.3. The molecule has 3 aromatic carbocycles. The first-order valence-electron chi connectivity index (χ1n) is 11.1. The van der Waals surface area contributed by atoms with E-state index in [2.05, 4.69) is 20.4 Å². The van der Waals surface area contributed by atoms with Gasteiger partial charge in [0.15, 0.2) is 12.4 Å². The molecule has 1 N–H and O–H groups in total. The van der Waals surface area contributed by atoms with Crippen LogP contribution in [0.15, 0.2) is 118 Å². The fraction of sp³-hybridized carbons (Fsp3) is 0.107. The average molecular weight is 464 g/mol. The molecule has 4 rings (SSSR count). The minimum Gasteiger partial charge on any atom is -0.508 e. The highest BCUT2D eigenvalue weighted by Gasteiger charge is 2.09. The molecule has 0 unspecified atom stereocenters. The third kappa shape index (κ3) is 6.45. The zero-order chi connectivity index (χ0) is 24.6. The van der Waals surface area contributed by atoms with E-state index in [0.717, 1.165) is 33.8 Å². The average Bonchev–Trinajstić information content (AvgIpc) is 2.88. The van der Waals surface area contributed by atoms with Gasteiger partial charge in [0, 0.05) is 43.0 Å². The number of rotatable bonds is 7.